The van der Waals surface area contributed by atoms with E-state index in [0.29, 0.717) is 0 Å². The Labute approximate surface area is 79.7 Å². The Bertz CT molecular complexity index is 296. The lowest BCUT2D eigenvalue weighted by Gasteiger charge is -2.03. The quantitative estimate of drug-likeness (QED) is 0.702. The normalized spacial score (nSPS) is 9.77. The van der Waals surface area contributed by atoms with Crippen molar-refractivity contribution in [2.75, 3.05) is 0 Å². The molecule has 0 aliphatic rings. The van der Waals surface area contributed by atoms with Crippen LogP contribution in [0.3, 0.4) is 0 Å². The number of benzene rings is 1. The van der Waals surface area contributed by atoms with Gasteiger partial charge in [-0.25, -0.2) is 0 Å². The zero-order valence-electron chi connectivity index (χ0n) is 8.25. The standard InChI is InChI=1S/C12H16O/c1-10(2)7-8-11-5-3-4-6-12(11)9-13/h3-7,13H,8-9H2,1-2H3. The average Bonchev–Trinajstić information content (AvgIpc) is 2.15. The Hall–Kier alpha value is -1.08. The molecule has 0 spiro atoms. The van der Waals surface area contributed by atoms with Gasteiger partial charge < -0.3 is 5.11 Å². The summed E-state index contributed by atoms with van der Waals surface area (Å²) in [6, 6.07) is 7.99. The molecule has 1 rings (SSSR count). The summed E-state index contributed by atoms with van der Waals surface area (Å²) < 4.78 is 0. The summed E-state index contributed by atoms with van der Waals surface area (Å²) in [5.41, 5.74) is 3.55. The first kappa shape index (κ1) is 10.0. The summed E-state index contributed by atoms with van der Waals surface area (Å²) >= 11 is 0. The van der Waals surface area contributed by atoms with Gasteiger partial charge in [0.05, 0.1) is 6.61 Å². The van der Waals surface area contributed by atoms with Gasteiger partial charge in [-0.3, -0.25) is 0 Å². The molecule has 0 fully saturated rings. The Kier molecular flexibility index (Phi) is 3.71. The van der Waals surface area contributed by atoms with Crippen molar-refractivity contribution in [3.05, 3.63) is 47.0 Å². The number of hydrogen-bond acceptors (Lipinski definition) is 1. The molecule has 0 saturated heterocycles. The molecule has 13 heavy (non-hydrogen) atoms. The van der Waals surface area contributed by atoms with Gasteiger partial charge in [0.2, 0.25) is 0 Å². The maximum absolute atomic E-state index is 9.06. The topological polar surface area (TPSA) is 20.2 Å². The van der Waals surface area contributed by atoms with Crippen LogP contribution in [0.15, 0.2) is 35.9 Å². The third kappa shape index (κ3) is 3.03. The van der Waals surface area contributed by atoms with E-state index in [4.69, 9.17) is 5.11 Å². The Morgan fingerprint density at radius 3 is 2.38 bits per heavy atom. The van der Waals surface area contributed by atoms with Crippen molar-refractivity contribution >= 4 is 0 Å². The van der Waals surface area contributed by atoms with E-state index in [1.165, 1.54) is 11.1 Å². The number of aliphatic hydroxyl groups excluding tert-OH is 1. The van der Waals surface area contributed by atoms with E-state index in [9.17, 15) is 0 Å². The fraction of sp³-hybridized carbons (Fsp3) is 0.333. The van der Waals surface area contributed by atoms with Crippen LogP contribution in [0.25, 0.3) is 0 Å². The molecule has 0 radical (unpaired) electrons. The first-order chi connectivity index (χ1) is 6.24. The third-order valence-corrected chi connectivity index (χ3v) is 2.02. The van der Waals surface area contributed by atoms with Crippen molar-refractivity contribution in [3.63, 3.8) is 0 Å². The minimum absolute atomic E-state index is 0.132. The molecule has 0 atom stereocenters. The lowest BCUT2D eigenvalue weighted by atomic mass is 10.0. The smallest absolute Gasteiger partial charge is 0.0684 e. The molecule has 0 heterocycles. The Morgan fingerprint density at radius 2 is 1.85 bits per heavy atom. The summed E-state index contributed by atoms with van der Waals surface area (Å²) in [6.45, 7) is 4.30. The molecule has 0 bridgehead atoms. The summed E-state index contributed by atoms with van der Waals surface area (Å²) in [5.74, 6) is 0. The molecule has 0 aromatic heterocycles. The second kappa shape index (κ2) is 4.83. The number of allylic oxidation sites excluding steroid dienone is 2. The summed E-state index contributed by atoms with van der Waals surface area (Å²) in [4.78, 5) is 0. The van der Waals surface area contributed by atoms with Gasteiger partial charge >= 0.3 is 0 Å². The monoisotopic (exact) mass is 176 g/mol. The highest BCUT2D eigenvalue weighted by molar-refractivity contribution is 5.28. The highest BCUT2D eigenvalue weighted by Crippen LogP contribution is 2.10. The van der Waals surface area contributed by atoms with E-state index in [0.717, 1.165) is 12.0 Å². The van der Waals surface area contributed by atoms with Gasteiger partial charge in [0, 0.05) is 0 Å². The minimum atomic E-state index is 0.132. The first-order valence-electron chi connectivity index (χ1n) is 4.55. The zero-order chi connectivity index (χ0) is 9.68. The molecule has 0 unspecified atom stereocenters. The first-order valence-corrected chi connectivity index (χ1v) is 4.55. The van der Waals surface area contributed by atoms with Crippen LogP contribution in [-0.4, -0.2) is 5.11 Å². The molecule has 1 nitrogen and oxygen atoms in total. The summed E-state index contributed by atoms with van der Waals surface area (Å²) in [5, 5.41) is 9.06. The molecular formula is C12H16O. The highest BCUT2D eigenvalue weighted by atomic mass is 16.3. The highest BCUT2D eigenvalue weighted by Gasteiger charge is 1.97. The SMILES string of the molecule is CC(C)=CCc1ccccc1CO. The van der Waals surface area contributed by atoms with Crippen LogP contribution in [0.2, 0.25) is 0 Å². The van der Waals surface area contributed by atoms with E-state index in [-0.39, 0.29) is 6.61 Å². The Morgan fingerprint density at radius 1 is 1.23 bits per heavy atom. The third-order valence-electron chi connectivity index (χ3n) is 2.02. The number of rotatable bonds is 3. The van der Waals surface area contributed by atoms with Crippen LogP contribution in [-0.2, 0) is 13.0 Å². The maximum Gasteiger partial charge on any atom is 0.0684 e. The molecule has 1 N–H and O–H groups in total. The van der Waals surface area contributed by atoms with Gasteiger partial charge in [-0.15, -0.1) is 0 Å². The van der Waals surface area contributed by atoms with Gasteiger partial charge in [-0.1, -0.05) is 35.9 Å². The van der Waals surface area contributed by atoms with E-state index in [1.54, 1.807) is 0 Å². The predicted octanol–water partition coefficient (Wildman–Crippen LogP) is 2.69. The van der Waals surface area contributed by atoms with Gasteiger partial charge in [0.1, 0.15) is 0 Å². The van der Waals surface area contributed by atoms with E-state index in [2.05, 4.69) is 26.0 Å². The van der Waals surface area contributed by atoms with Gasteiger partial charge in [-0.2, -0.15) is 0 Å². The fourth-order valence-corrected chi connectivity index (χ4v) is 1.22. The van der Waals surface area contributed by atoms with Crippen molar-refractivity contribution in [1.29, 1.82) is 0 Å². The second-order valence-corrected chi connectivity index (χ2v) is 3.41. The van der Waals surface area contributed by atoms with Crippen LogP contribution in [0, 0.1) is 0 Å². The molecule has 0 aliphatic heterocycles. The second-order valence-electron chi connectivity index (χ2n) is 3.41. The molecule has 0 saturated carbocycles. The molecule has 0 amide bonds. The minimum Gasteiger partial charge on any atom is -0.392 e. The Balaban J connectivity index is 2.81. The van der Waals surface area contributed by atoms with Crippen LogP contribution >= 0.6 is 0 Å². The van der Waals surface area contributed by atoms with Crippen molar-refractivity contribution in [1.82, 2.24) is 0 Å². The maximum atomic E-state index is 9.06. The molecule has 0 aliphatic carbocycles. The van der Waals surface area contributed by atoms with Gasteiger partial charge in [-0.05, 0) is 31.4 Å². The van der Waals surface area contributed by atoms with Crippen molar-refractivity contribution in [3.8, 4) is 0 Å². The van der Waals surface area contributed by atoms with Crippen molar-refractivity contribution < 1.29 is 5.11 Å². The predicted molar refractivity (Wildman–Crippen MR) is 55.5 cm³/mol. The van der Waals surface area contributed by atoms with Crippen LogP contribution < -0.4 is 0 Å². The van der Waals surface area contributed by atoms with E-state index >= 15 is 0 Å². The number of hydrogen-bond donors (Lipinski definition) is 1. The lowest BCUT2D eigenvalue weighted by Crippen LogP contribution is -1.91. The van der Waals surface area contributed by atoms with Crippen molar-refractivity contribution in [2.45, 2.75) is 26.9 Å². The van der Waals surface area contributed by atoms with Gasteiger partial charge in [0.15, 0.2) is 0 Å². The lowest BCUT2D eigenvalue weighted by molar-refractivity contribution is 0.281. The van der Waals surface area contributed by atoms with Gasteiger partial charge in [0.25, 0.3) is 0 Å². The molecule has 1 aromatic carbocycles. The largest absolute Gasteiger partial charge is 0.392 e. The summed E-state index contributed by atoms with van der Waals surface area (Å²) in [7, 11) is 0. The molecule has 1 aromatic rings. The number of aliphatic hydroxyl groups is 1. The fourth-order valence-electron chi connectivity index (χ4n) is 1.22. The molecule has 70 valence electrons. The van der Waals surface area contributed by atoms with E-state index < -0.39 is 0 Å². The summed E-state index contributed by atoms with van der Waals surface area (Å²) in [6.07, 6.45) is 3.09. The van der Waals surface area contributed by atoms with Crippen LogP contribution in [0.5, 0.6) is 0 Å². The van der Waals surface area contributed by atoms with Crippen LogP contribution in [0.4, 0.5) is 0 Å². The van der Waals surface area contributed by atoms with Crippen molar-refractivity contribution in [2.24, 2.45) is 0 Å². The van der Waals surface area contributed by atoms with Crippen LogP contribution in [0.1, 0.15) is 25.0 Å². The average molecular weight is 176 g/mol. The molecule has 1 heteroatoms. The zero-order valence-corrected chi connectivity index (χ0v) is 8.25. The molecular weight excluding hydrogens is 160 g/mol. The van der Waals surface area contributed by atoms with E-state index in [1.807, 2.05) is 18.2 Å².